The smallest absolute Gasteiger partial charge is 0.221 e. The van der Waals surface area contributed by atoms with Gasteiger partial charge >= 0.3 is 0 Å². The highest BCUT2D eigenvalue weighted by Crippen LogP contribution is 1.81. The van der Waals surface area contributed by atoms with Crippen molar-refractivity contribution in [2.24, 2.45) is 0 Å². The number of carbonyl (C=O) groups excluding carboxylic acids is 1. The van der Waals surface area contributed by atoms with E-state index in [1.165, 1.54) is 0 Å². The third kappa shape index (κ3) is 9.30. The zero-order valence-corrected chi connectivity index (χ0v) is 8.89. The molecule has 0 unspecified atom stereocenters. The molecule has 0 saturated heterocycles. The first kappa shape index (κ1) is 12.4. The van der Waals surface area contributed by atoms with Crippen LogP contribution in [0.1, 0.15) is 12.8 Å². The minimum Gasteiger partial charge on any atom is -0.359 e. The lowest BCUT2D eigenvalue weighted by Crippen LogP contribution is -2.26. The summed E-state index contributed by atoms with van der Waals surface area (Å²) in [5.41, 5.74) is 0. The Morgan fingerprint density at radius 3 is 2.54 bits per heavy atom. The standard InChI is InChI=1S/C9H21N3O/c1-10-9(13)5-7-11-6-4-8-12(2)3/h11H,4-8H2,1-3H3,(H,10,13). The summed E-state index contributed by atoms with van der Waals surface area (Å²) in [6.07, 6.45) is 1.69. The molecule has 13 heavy (non-hydrogen) atoms. The molecule has 0 saturated carbocycles. The number of hydrogen-bond acceptors (Lipinski definition) is 3. The van der Waals surface area contributed by atoms with Gasteiger partial charge in [0.1, 0.15) is 0 Å². The molecule has 0 aromatic carbocycles. The lowest BCUT2D eigenvalue weighted by Gasteiger charge is -2.09. The van der Waals surface area contributed by atoms with Crippen molar-refractivity contribution in [3.8, 4) is 0 Å². The Labute approximate surface area is 80.7 Å². The van der Waals surface area contributed by atoms with Crippen molar-refractivity contribution in [3.05, 3.63) is 0 Å². The van der Waals surface area contributed by atoms with Crippen LogP contribution in [0.5, 0.6) is 0 Å². The van der Waals surface area contributed by atoms with E-state index in [0.717, 1.165) is 26.1 Å². The fourth-order valence-corrected chi connectivity index (χ4v) is 0.972. The maximum atomic E-state index is 10.8. The number of carbonyl (C=O) groups is 1. The monoisotopic (exact) mass is 187 g/mol. The van der Waals surface area contributed by atoms with Gasteiger partial charge in [-0.1, -0.05) is 0 Å². The number of rotatable bonds is 7. The molecule has 2 N–H and O–H groups in total. The van der Waals surface area contributed by atoms with Crippen LogP contribution in [0.2, 0.25) is 0 Å². The minimum absolute atomic E-state index is 0.0973. The summed E-state index contributed by atoms with van der Waals surface area (Å²) in [4.78, 5) is 12.9. The first-order chi connectivity index (χ1) is 6.16. The topological polar surface area (TPSA) is 44.4 Å². The maximum Gasteiger partial charge on any atom is 0.221 e. The SMILES string of the molecule is CNC(=O)CCNCCCN(C)C. The maximum absolute atomic E-state index is 10.8. The Hall–Kier alpha value is -0.610. The van der Waals surface area contributed by atoms with Gasteiger partial charge in [0.2, 0.25) is 5.91 Å². The van der Waals surface area contributed by atoms with E-state index < -0.39 is 0 Å². The Morgan fingerprint density at radius 1 is 1.31 bits per heavy atom. The van der Waals surface area contributed by atoms with Crippen LogP contribution in [0.3, 0.4) is 0 Å². The molecule has 0 spiro atoms. The predicted molar refractivity (Wildman–Crippen MR) is 54.7 cm³/mol. The Bertz CT molecular complexity index is 137. The van der Waals surface area contributed by atoms with Gasteiger partial charge in [-0.05, 0) is 33.6 Å². The molecule has 4 nitrogen and oxygen atoms in total. The third-order valence-corrected chi connectivity index (χ3v) is 1.77. The molecule has 0 aromatic rings. The van der Waals surface area contributed by atoms with E-state index in [9.17, 15) is 4.79 Å². The van der Waals surface area contributed by atoms with Gasteiger partial charge < -0.3 is 15.5 Å². The Morgan fingerprint density at radius 2 is 2.00 bits per heavy atom. The predicted octanol–water partition coefficient (Wildman–Crippen LogP) is -0.336. The Balaban J connectivity index is 3.04. The molecule has 0 heterocycles. The molecular weight excluding hydrogens is 166 g/mol. The van der Waals surface area contributed by atoms with Crippen LogP contribution in [0.15, 0.2) is 0 Å². The van der Waals surface area contributed by atoms with Crippen LogP contribution in [-0.4, -0.2) is 51.6 Å². The van der Waals surface area contributed by atoms with Gasteiger partial charge in [-0.2, -0.15) is 0 Å². The Kier molecular flexibility index (Phi) is 7.63. The second-order valence-electron chi connectivity index (χ2n) is 3.33. The highest BCUT2D eigenvalue weighted by Gasteiger charge is 1.96. The third-order valence-electron chi connectivity index (χ3n) is 1.77. The summed E-state index contributed by atoms with van der Waals surface area (Å²) in [6.45, 7) is 2.84. The van der Waals surface area contributed by atoms with Gasteiger partial charge in [-0.3, -0.25) is 4.79 Å². The van der Waals surface area contributed by atoms with E-state index in [0.29, 0.717) is 6.42 Å². The molecule has 0 fully saturated rings. The van der Waals surface area contributed by atoms with Crippen molar-refractivity contribution < 1.29 is 4.79 Å². The van der Waals surface area contributed by atoms with Gasteiger partial charge in [0.25, 0.3) is 0 Å². The molecule has 0 rings (SSSR count). The second-order valence-corrected chi connectivity index (χ2v) is 3.33. The zero-order valence-electron chi connectivity index (χ0n) is 8.89. The number of nitrogens with one attached hydrogen (secondary N) is 2. The second kappa shape index (κ2) is 8.01. The van der Waals surface area contributed by atoms with Crippen molar-refractivity contribution in [2.45, 2.75) is 12.8 Å². The van der Waals surface area contributed by atoms with E-state index in [1.807, 2.05) is 0 Å². The number of amides is 1. The molecule has 1 amide bonds. The largest absolute Gasteiger partial charge is 0.359 e. The molecule has 0 bridgehead atoms. The summed E-state index contributed by atoms with van der Waals surface area (Å²) in [5, 5.41) is 5.81. The molecule has 0 aliphatic heterocycles. The molecule has 0 aromatic heterocycles. The summed E-state index contributed by atoms with van der Waals surface area (Å²) in [7, 11) is 5.78. The molecule has 0 radical (unpaired) electrons. The lowest BCUT2D eigenvalue weighted by molar-refractivity contribution is -0.120. The van der Waals surface area contributed by atoms with Gasteiger partial charge in [0, 0.05) is 20.0 Å². The van der Waals surface area contributed by atoms with E-state index in [2.05, 4.69) is 29.6 Å². The number of hydrogen-bond donors (Lipinski definition) is 2. The van der Waals surface area contributed by atoms with E-state index in [-0.39, 0.29) is 5.91 Å². The first-order valence-corrected chi connectivity index (χ1v) is 4.73. The average molecular weight is 187 g/mol. The van der Waals surface area contributed by atoms with Crippen LogP contribution in [0.4, 0.5) is 0 Å². The van der Waals surface area contributed by atoms with Crippen LogP contribution < -0.4 is 10.6 Å². The zero-order chi connectivity index (χ0) is 10.1. The lowest BCUT2D eigenvalue weighted by atomic mass is 10.3. The summed E-state index contributed by atoms with van der Waals surface area (Å²) < 4.78 is 0. The van der Waals surface area contributed by atoms with E-state index in [4.69, 9.17) is 0 Å². The van der Waals surface area contributed by atoms with Gasteiger partial charge in [-0.25, -0.2) is 0 Å². The minimum atomic E-state index is 0.0973. The summed E-state index contributed by atoms with van der Waals surface area (Å²) in [6, 6.07) is 0. The van der Waals surface area contributed by atoms with Crippen LogP contribution in [-0.2, 0) is 4.79 Å². The summed E-state index contributed by atoms with van der Waals surface area (Å²) >= 11 is 0. The fourth-order valence-electron chi connectivity index (χ4n) is 0.972. The van der Waals surface area contributed by atoms with E-state index in [1.54, 1.807) is 7.05 Å². The quantitative estimate of drug-likeness (QED) is 0.536. The normalized spacial score (nSPS) is 10.5. The van der Waals surface area contributed by atoms with E-state index >= 15 is 0 Å². The van der Waals surface area contributed by atoms with Crippen molar-refractivity contribution in [1.82, 2.24) is 15.5 Å². The van der Waals surface area contributed by atoms with Gasteiger partial charge in [0.05, 0.1) is 0 Å². The average Bonchev–Trinajstić information content (AvgIpc) is 2.10. The molecule has 0 aliphatic rings. The molecule has 4 heteroatoms. The summed E-state index contributed by atoms with van der Waals surface area (Å²) in [5.74, 6) is 0.0973. The van der Waals surface area contributed by atoms with Crippen molar-refractivity contribution in [3.63, 3.8) is 0 Å². The number of nitrogens with zero attached hydrogens (tertiary/aromatic N) is 1. The highest BCUT2D eigenvalue weighted by atomic mass is 16.1. The van der Waals surface area contributed by atoms with Crippen molar-refractivity contribution in [1.29, 1.82) is 0 Å². The first-order valence-electron chi connectivity index (χ1n) is 4.73. The highest BCUT2D eigenvalue weighted by molar-refractivity contribution is 5.75. The van der Waals surface area contributed by atoms with Crippen LogP contribution >= 0.6 is 0 Å². The fraction of sp³-hybridized carbons (Fsp3) is 0.889. The van der Waals surface area contributed by atoms with Gasteiger partial charge in [0.15, 0.2) is 0 Å². The van der Waals surface area contributed by atoms with Crippen molar-refractivity contribution >= 4 is 5.91 Å². The molecular formula is C9H21N3O. The van der Waals surface area contributed by atoms with Gasteiger partial charge in [-0.15, -0.1) is 0 Å². The van der Waals surface area contributed by atoms with Crippen LogP contribution in [0.25, 0.3) is 0 Å². The molecule has 0 atom stereocenters. The van der Waals surface area contributed by atoms with Crippen LogP contribution in [0, 0.1) is 0 Å². The van der Waals surface area contributed by atoms with Crippen molar-refractivity contribution in [2.75, 3.05) is 40.8 Å². The molecule has 0 aliphatic carbocycles. The molecule has 78 valence electrons.